The van der Waals surface area contributed by atoms with Crippen molar-refractivity contribution in [1.29, 1.82) is 0 Å². The van der Waals surface area contributed by atoms with Crippen LogP contribution in [0.3, 0.4) is 0 Å². The van der Waals surface area contributed by atoms with Gasteiger partial charge in [0.1, 0.15) is 12.9 Å². The van der Waals surface area contributed by atoms with Crippen molar-refractivity contribution in [2.24, 2.45) is 0 Å². The maximum atomic E-state index is 12.0. The first-order chi connectivity index (χ1) is 7.88. The second kappa shape index (κ2) is 4.49. The summed E-state index contributed by atoms with van der Waals surface area (Å²) in [5.74, 6) is 0.434. The molecule has 0 amide bonds. The van der Waals surface area contributed by atoms with Crippen LogP contribution in [0.4, 0.5) is 0 Å². The molecule has 0 saturated heterocycles. The third kappa shape index (κ3) is 3.12. The maximum absolute atomic E-state index is 12.0. The van der Waals surface area contributed by atoms with E-state index in [1.807, 2.05) is 0 Å². The van der Waals surface area contributed by atoms with Crippen LogP contribution < -0.4 is 15.5 Å². The highest BCUT2D eigenvalue weighted by molar-refractivity contribution is 7.70. The predicted octanol–water partition coefficient (Wildman–Crippen LogP) is 0.156. The molecule has 0 aliphatic heterocycles. The third-order valence-corrected chi connectivity index (χ3v) is 4.24. The molecule has 0 unspecified atom stereocenters. The van der Waals surface area contributed by atoms with E-state index in [0.29, 0.717) is 16.5 Å². The molecule has 17 heavy (non-hydrogen) atoms. The topological polar surface area (TPSA) is 66.8 Å². The van der Waals surface area contributed by atoms with E-state index in [-0.39, 0.29) is 6.10 Å². The Labute approximate surface area is 101 Å². The third-order valence-electron chi connectivity index (χ3n) is 2.72. The van der Waals surface area contributed by atoms with Gasteiger partial charge in [0.2, 0.25) is 0 Å². The first-order valence-corrected chi connectivity index (χ1v) is 8.20. The van der Waals surface area contributed by atoms with Crippen LogP contribution in [0.25, 0.3) is 0 Å². The summed E-state index contributed by atoms with van der Waals surface area (Å²) in [4.78, 5) is 0. The molecule has 0 atom stereocenters. The summed E-state index contributed by atoms with van der Waals surface area (Å²) in [6.07, 6.45) is 2.14. The van der Waals surface area contributed by atoms with Crippen molar-refractivity contribution in [2.45, 2.75) is 18.9 Å². The summed E-state index contributed by atoms with van der Waals surface area (Å²) in [7, 11) is -3.93. The Balaban J connectivity index is 2.38. The Hall–Kier alpha value is -0.765. The van der Waals surface area contributed by atoms with Gasteiger partial charge in [-0.15, -0.1) is 0 Å². The van der Waals surface area contributed by atoms with E-state index >= 15 is 0 Å². The van der Waals surface area contributed by atoms with E-state index in [0.717, 1.165) is 12.8 Å². The molecule has 2 rings (SSSR count). The molecular formula is C11H16BO4P. The molecule has 1 aliphatic carbocycles. The summed E-state index contributed by atoms with van der Waals surface area (Å²) >= 11 is 0. The van der Waals surface area contributed by atoms with Gasteiger partial charge in [-0.1, -0.05) is 12.1 Å². The second-order valence-corrected chi connectivity index (χ2v) is 7.98. The van der Waals surface area contributed by atoms with Crippen molar-refractivity contribution in [3.05, 3.63) is 18.2 Å². The zero-order valence-corrected chi connectivity index (χ0v) is 10.9. The zero-order chi connectivity index (χ0) is 12.6. The Morgan fingerprint density at radius 3 is 2.47 bits per heavy atom. The fourth-order valence-electron chi connectivity index (χ4n) is 1.54. The van der Waals surface area contributed by atoms with Crippen molar-refractivity contribution in [2.75, 3.05) is 13.3 Å². The monoisotopic (exact) mass is 254 g/mol. The van der Waals surface area contributed by atoms with E-state index in [1.165, 1.54) is 0 Å². The zero-order valence-electron chi connectivity index (χ0n) is 9.96. The Morgan fingerprint density at radius 1 is 1.35 bits per heavy atom. The lowest BCUT2D eigenvalue weighted by Gasteiger charge is -2.14. The van der Waals surface area contributed by atoms with Gasteiger partial charge in [-0.05, 0) is 32.2 Å². The quantitative estimate of drug-likeness (QED) is 0.593. The van der Waals surface area contributed by atoms with Crippen molar-refractivity contribution < 1.29 is 19.3 Å². The van der Waals surface area contributed by atoms with E-state index in [1.54, 1.807) is 31.5 Å². The summed E-state index contributed by atoms with van der Waals surface area (Å²) in [6, 6.07) is 4.89. The van der Waals surface area contributed by atoms with E-state index in [4.69, 9.17) is 4.74 Å². The average Bonchev–Trinajstić information content (AvgIpc) is 2.99. The maximum Gasteiger partial charge on any atom is 0.492 e. The minimum absolute atomic E-state index is 0.163. The predicted molar refractivity (Wildman–Crippen MR) is 69.0 cm³/mol. The summed E-state index contributed by atoms with van der Waals surface area (Å²) < 4.78 is 17.6. The van der Waals surface area contributed by atoms with Crippen molar-refractivity contribution in [3.63, 3.8) is 0 Å². The van der Waals surface area contributed by atoms with E-state index < -0.39 is 14.3 Å². The highest BCUT2D eigenvalue weighted by atomic mass is 31.2. The van der Waals surface area contributed by atoms with Gasteiger partial charge >= 0.3 is 7.12 Å². The summed E-state index contributed by atoms with van der Waals surface area (Å²) in [5, 5.41) is 19.2. The summed E-state index contributed by atoms with van der Waals surface area (Å²) in [5.41, 5.74) is 0.328. The molecule has 92 valence electrons. The van der Waals surface area contributed by atoms with Crippen LogP contribution in [0.1, 0.15) is 12.8 Å². The van der Waals surface area contributed by atoms with Gasteiger partial charge in [-0.2, -0.15) is 0 Å². The van der Waals surface area contributed by atoms with Crippen LogP contribution in [-0.4, -0.2) is 36.6 Å². The number of hydrogen-bond acceptors (Lipinski definition) is 4. The SMILES string of the molecule is CP(C)(=O)c1ccc(B(O)O)c(OC2CC2)c1. The van der Waals surface area contributed by atoms with Crippen LogP contribution in [0.5, 0.6) is 5.75 Å². The smallest absolute Gasteiger partial charge is 0.491 e. The molecule has 1 fully saturated rings. The number of ether oxygens (including phenoxy) is 1. The first kappa shape index (κ1) is 12.7. The van der Waals surface area contributed by atoms with E-state index in [2.05, 4.69) is 0 Å². The first-order valence-electron chi connectivity index (χ1n) is 5.60. The molecule has 0 radical (unpaired) electrons. The molecule has 0 spiro atoms. The molecule has 0 bridgehead atoms. The van der Waals surface area contributed by atoms with Crippen LogP contribution in [-0.2, 0) is 4.57 Å². The molecule has 6 heteroatoms. The van der Waals surface area contributed by atoms with Crippen molar-refractivity contribution in [1.82, 2.24) is 0 Å². The van der Waals surface area contributed by atoms with Crippen LogP contribution in [0.2, 0.25) is 0 Å². The summed E-state index contributed by atoms with van der Waals surface area (Å²) in [6.45, 7) is 3.36. The van der Waals surface area contributed by atoms with Gasteiger partial charge in [0.15, 0.2) is 0 Å². The molecule has 1 aliphatic rings. The molecule has 1 saturated carbocycles. The fourth-order valence-corrected chi connectivity index (χ4v) is 2.40. The molecule has 1 aromatic rings. The number of rotatable bonds is 4. The average molecular weight is 254 g/mol. The number of hydrogen-bond donors (Lipinski definition) is 2. The Kier molecular flexibility index (Phi) is 3.35. The second-order valence-electron chi connectivity index (χ2n) is 4.76. The highest BCUT2D eigenvalue weighted by Gasteiger charge is 2.27. The molecule has 0 heterocycles. The minimum atomic E-state index is -2.36. The van der Waals surface area contributed by atoms with Gasteiger partial charge in [0, 0.05) is 10.8 Å². The minimum Gasteiger partial charge on any atom is -0.491 e. The molecule has 4 nitrogen and oxygen atoms in total. The van der Waals surface area contributed by atoms with Crippen LogP contribution in [0.15, 0.2) is 18.2 Å². The largest absolute Gasteiger partial charge is 0.492 e. The van der Waals surface area contributed by atoms with Gasteiger partial charge < -0.3 is 19.3 Å². The van der Waals surface area contributed by atoms with Gasteiger partial charge in [-0.25, -0.2) is 0 Å². The highest BCUT2D eigenvalue weighted by Crippen LogP contribution is 2.36. The van der Waals surface area contributed by atoms with Crippen LogP contribution >= 0.6 is 7.14 Å². The molecule has 1 aromatic carbocycles. The standard InChI is InChI=1S/C11H16BO4P/c1-17(2,15)9-5-6-10(12(13)14)11(7-9)16-8-3-4-8/h5-8,13-14H,3-4H2,1-2H3. The lowest BCUT2D eigenvalue weighted by Crippen LogP contribution is -2.32. The Morgan fingerprint density at radius 2 is 2.00 bits per heavy atom. The van der Waals surface area contributed by atoms with E-state index in [9.17, 15) is 14.6 Å². The lowest BCUT2D eigenvalue weighted by atomic mass is 9.79. The van der Waals surface area contributed by atoms with Gasteiger partial charge in [0.25, 0.3) is 0 Å². The van der Waals surface area contributed by atoms with Crippen molar-refractivity contribution in [3.8, 4) is 5.75 Å². The lowest BCUT2D eigenvalue weighted by molar-refractivity contribution is 0.304. The Bertz CT molecular complexity index is 465. The van der Waals surface area contributed by atoms with Gasteiger partial charge in [-0.3, -0.25) is 0 Å². The molecular weight excluding hydrogens is 238 g/mol. The van der Waals surface area contributed by atoms with Crippen molar-refractivity contribution >= 4 is 25.0 Å². The fraction of sp³-hybridized carbons (Fsp3) is 0.455. The van der Waals surface area contributed by atoms with Crippen LogP contribution in [0, 0.1) is 0 Å². The normalized spacial score (nSPS) is 15.8. The number of benzene rings is 1. The molecule has 2 N–H and O–H groups in total. The molecule has 0 aromatic heterocycles. The van der Waals surface area contributed by atoms with Gasteiger partial charge in [0.05, 0.1) is 6.10 Å².